The summed E-state index contributed by atoms with van der Waals surface area (Å²) in [5.41, 5.74) is 3.14. The topological polar surface area (TPSA) is 39.9 Å². The maximum atomic E-state index is 5.66. The summed E-state index contributed by atoms with van der Waals surface area (Å²) in [6, 6.07) is 8.42. The van der Waals surface area contributed by atoms with Gasteiger partial charge in [0.2, 0.25) is 0 Å². The molecule has 1 aliphatic heterocycles. The lowest BCUT2D eigenvalue weighted by molar-refractivity contribution is 0.297. The van der Waals surface area contributed by atoms with Crippen LogP contribution < -0.4 is 4.74 Å². The van der Waals surface area contributed by atoms with Crippen LogP contribution in [0.1, 0.15) is 32.0 Å². The molecule has 0 fully saturated rings. The smallest absolute Gasteiger partial charge is 0.134 e. The Balaban J connectivity index is 2.19. The van der Waals surface area contributed by atoms with E-state index < -0.39 is 0 Å². The van der Waals surface area contributed by atoms with Crippen LogP contribution in [0.3, 0.4) is 0 Å². The SMILES string of the molecule is CCC(C)n1nnc2c1-c1ccccc1OC2. The predicted molar refractivity (Wildman–Crippen MR) is 64.8 cm³/mol. The van der Waals surface area contributed by atoms with Crippen molar-refractivity contribution in [1.29, 1.82) is 0 Å². The van der Waals surface area contributed by atoms with Crippen LogP contribution in [0.2, 0.25) is 0 Å². The Bertz CT molecular complexity index is 547. The van der Waals surface area contributed by atoms with E-state index in [-0.39, 0.29) is 0 Å². The van der Waals surface area contributed by atoms with E-state index in [4.69, 9.17) is 4.74 Å². The van der Waals surface area contributed by atoms with Crippen LogP contribution in [0, 0.1) is 0 Å². The molecule has 1 unspecified atom stereocenters. The molecule has 0 aliphatic carbocycles. The van der Waals surface area contributed by atoms with E-state index in [0.717, 1.165) is 29.1 Å². The molecule has 0 amide bonds. The van der Waals surface area contributed by atoms with Gasteiger partial charge in [0.1, 0.15) is 18.1 Å². The maximum Gasteiger partial charge on any atom is 0.134 e. The minimum Gasteiger partial charge on any atom is -0.486 e. The fourth-order valence-electron chi connectivity index (χ4n) is 2.12. The first-order valence-corrected chi connectivity index (χ1v) is 5.97. The number of rotatable bonds is 2. The highest BCUT2D eigenvalue weighted by Crippen LogP contribution is 2.37. The van der Waals surface area contributed by atoms with Crippen molar-refractivity contribution in [2.24, 2.45) is 0 Å². The van der Waals surface area contributed by atoms with Crippen LogP contribution >= 0.6 is 0 Å². The summed E-state index contributed by atoms with van der Waals surface area (Å²) in [6.07, 6.45) is 1.04. The third-order valence-corrected chi connectivity index (χ3v) is 3.28. The van der Waals surface area contributed by atoms with E-state index in [1.807, 2.05) is 22.9 Å². The highest BCUT2D eigenvalue weighted by Gasteiger charge is 2.24. The number of para-hydroxylation sites is 1. The van der Waals surface area contributed by atoms with Gasteiger partial charge in [0.05, 0.1) is 11.7 Å². The van der Waals surface area contributed by atoms with Gasteiger partial charge in [0.15, 0.2) is 0 Å². The average Bonchev–Trinajstić information content (AvgIpc) is 2.82. The van der Waals surface area contributed by atoms with Crippen molar-refractivity contribution in [2.75, 3.05) is 0 Å². The standard InChI is InChI=1S/C13H15N3O/c1-3-9(2)16-13-10-6-4-5-7-12(10)17-8-11(13)14-15-16/h4-7,9H,3,8H2,1-2H3. The molecule has 0 saturated carbocycles. The van der Waals surface area contributed by atoms with Gasteiger partial charge < -0.3 is 4.74 Å². The van der Waals surface area contributed by atoms with Crippen LogP contribution in [0.5, 0.6) is 5.75 Å². The number of benzene rings is 1. The first-order chi connectivity index (χ1) is 8.31. The zero-order valence-corrected chi connectivity index (χ0v) is 10.1. The highest BCUT2D eigenvalue weighted by molar-refractivity contribution is 5.70. The van der Waals surface area contributed by atoms with Crippen LogP contribution in [0.15, 0.2) is 24.3 Å². The zero-order chi connectivity index (χ0) is 11.8. The molecule has 0 N–H and O–H groups in total. The van der Waals surface area contributed by atoms with E-state index in [1.165, 1.54) is 0 Å². The third kappa shape index (κ3) is 1.52. The van der Waals surface area contributed by atoms with Crippen LogP contribution in [-0.2, 0) is 6.61 Å². The van der Waals surface area contributed by atoms with Gasteiger partial charge >= 0.3 is 0 Å². The Kier molecular flexibility index (Phi) is 2.35. The fraction of sp³-hybridized carbons (Fsp3) is 0.385. The number of ether oxygens (including phenoxy) is 1. The summed E-state index contributed by atoms with van der Waals surface area (Å²) >= 11 is 0. The molecule has 2 heterocycles. The normalized spacial score (nSPS) is 14.7. The van der Waals surface area contributed by atoms with E-state index in [0.29, 0.717) is 12.6 Å². The molecule has 1 atom stereocenters. The summed E-state index contributed by atoms with van der Waals surface area (Å²) in [5.74, 6) is 0.923. The Morgan fingerprint density at radius 1 is 1.41 bits per heavy atom. The lowest BCUT2D eigenvalue weighted by atomic mass is 10.1. The van der Waals surface area contributed by atoms with E-state index >= 15 is 0 Å². The summed E-state index contributed by atoms with van der Waals surface area (Å²) in [4.78, 5) is 0. The molecule has 0 bridgehead atoms. The summed E-state index contributed by atoms with van der Waals surface area (Å²) in [6.45, 7) is 4.83. The number of aromatic nitrogens is 3. The second kappa shape index (κ2) is 3.87. The molecule has 4 nitrogen and oxygen atoms in total. The van der Waals surface area contributed by atoms with Crippen molar-refractivity contribution in [3.8, 4) is 17.0 Å². The Labute approximate surface area is 100 Å². The molecule has 1 aromatic carbocycles. The summed E-state index contributed by atoms with van der Waals surface area (Å²) in [5, 5.41) is 8.47. The fourth-order valence-corrected chi connectivity index (χ4v) is 2.12. The van der Waals surface area contributed by atoms with Crippen LogP contribution in [0.25, 0.3) is 11.3 Å². The molecular weight excluding hydrogens is 214 g/mol. The monoisotopic (exact) mass is 229 g/mol. The molecule has 1 aromatic heterocycles. The number of nitrogens with zero attached hydrogens (tertiary/aromatic N) is 3. The van der Waals surface area contributed by atoms with Crippen molar-refractivity contribution in [1.82, 2.24) is 15.0 Å². The van der Waals surface area contributed by atoms with Gasteiger partial charge in [-0.1, -0.05) is 24.3 Å². The van der Waals surface area contributed by atoms with Gasteiger partial charge in [-0.15, -0.1) is 5.10 Å². The lowest BCUT2D eigenvalue weighted by Gasteiger charge is -2.19. The van der Waals surface area contributed by atoms with E-state index in [9.17, 15) is 0 Å². The van der Waals surface area contributed by atoms with Crippen LogP contribution in [0.4, 0.5) is 0 Å². The van der Waals surface area contributed by atoms with Crippen molar-refractivity contribution in [3.63, 3.8) is 0 Å². The maximum absolute atomic E-state index is 5.66. The van der Waals surface area contributed by atoms with Crippen LogP contribution in [-0.4, -0.2) is 15.0 Å². The van der Waals surface area contributed by atoms with Crippen molar-refractivity contribution in [3.05, 3.63) is 30.0 Å². The second-order valence-electron chi connectivity index (χ2n) is 4.37. The van der Waals surface area contributed by atoms with Gasteiger partial charge in [-0.25, -0.2) is 4.68 Å². The van der Waals surface area contributed by atoms with Crippen molar-refractivity contribution < 1.29 is 4.74 Å². The average molecular weight is 229 g/mol. The van der Waals surface area contributed by atoms with Gasteiger partial charge in [0.25, 0.3) is 0 Å². The van der Waals surface area contributed by atoms with Gasteiger partial charge in [-0.05, 0) is 25.5 Å². The number of hydrogen-bond acceptors (Lipinski definition) is 3. The van der Waals surface area contributed by atoms with Gasteiger partial charge in [-0.2, -0.15) is 0 Å². The summed E-state index contributed by atoms with van der Waals surface area (Å²) in [7, 11) is 0. The molecule has 88 valence electrons. The molecular formula is C13H15N3O. The second-order valence-corrected chi connectivity index (χ2v) is 4.37. The molecule has 0 spiro atoms. The quantitative estimate of drug-likeness (QED) is 0.795. The summed E-state index contributed by atoms with van der Waals surface area (Å²) < 4.78 is 7.67. The molecule has 17 heavy (non-hydrogen) atoms. The van der Waals surface area contributed by atoms with Gasteiger partial charge in [0, 0.05) is 5.56 Å². The zero-order valence-electron chi connectivity index (χ0n) is 10.1. The Hall–Kier alpha value is -1.84. The first-order valence-electron chi connectivity index (χ1n) is 5.97. The highest BCUT2D eigenvalue weighted by atomic mass is 16.5. The van der Waals surface area contributed by atoms with E-state index in [1.54, 1.807) is 0 Å². The number of fused-ring (bicyclic) bond motifs is 3. The van der Waals surface area contributed by atoms with Crippen molar-refractivity contribution >= 4 is 0 Å². The third-order valence-electron chi connectivity index (χ3n) is 3.28. The van der Waals surface area contributed by atoms with E-state index in [2.05, 4.69) is 30.2 Å². The molecule has 0 saturated heterocycles. The Morgan fingerprint density at radius 3 is 3.06 bits per heavy atom. The van der Waals surface area contributed by atoms with Gasteiger partial charge in [-0.3, -0.25) is 0 Å². The minimum absolute atomic E-state index is 0.359. The molecule has 4 heteroatoms. The first kappa shape index (κ1) is 10.3. The molecule has 2 aromatic rings. The van der Waals surface area contributed by atoms with Crippen molar-refractivity contribution in [2.45, 2.75) is 32.9 Å². The molecule has 0 radical (unpaired) electrons. The predicted octanol–water partition coefficient (Wildman–Crippen LogP) is 2.81. The largest absolute Gasteiger partial charge is 0.486 e. The number of hydrogen-bond donors (Lipinski definition) is 0. The molecule has 1 aliphatic rings. The molecule has 3 rings (SSSR count). The Morgan fingerprint density at radius 2 is 2.24 bits per heavy atom. The minimum atomic E-state index is 0.359. The lowest BCUT2D eigenvalue weighted by Crippen LogP contribution is -2.11.